The Bertz CT molecular complexity index is 585. The number of carboxylic acid groups (broad SMARTS) is 1. The van der Waals surface area contributed by atoms with Gasteiger partial charge in [-0.2, -0.15) is 10.1 Å². The average Bonchev–Trinajstić information content (AvgIpc) is 2.84. The molecular formula is C12H16N4O3. The zero-order chi connectivity index (χ0) is 14.0. The normalized spacial score (nSPS) is 11.7. The molecule has 0 unspecified atom stereocenters. The molecule has 0 spiro atoms. The predicted molar refractivity (Wildman–Crippen MR) is 66.2 cm³/mol. The number of carbonyl (C=O) groups is 1. The Kier molecular flexibility index (Phi) is 3.37. The van der Waals surface area contributed by atoms with Crippen LogP contribution in [-0.2, 0) is 18.3 Å². The topological polar surface area (TPSA) is 94.0 Å². The number of rotatable bonds is 5. The van der Waals surface area contributed by atoms with Gasteiger partial charge in [-0.05, 0) is 11.5 Å². The van der Waals surface area contributed by atoms with E-state index in [2.05, 4.69) is 15.2 Å². The van der Waals surface area contributed by atoms with Crippen LogP contribution in [0, 0.1) is 5.41 Å². The summed E-state index contributed by atoms with van der Waals surface area (Å²) in [5.41, 5.74) is 0.202. The maximum absolute atomic E-state index is 10.8. The number of hydrogen-bond acceptors (Lipinski definition) is 5. The lowest BCUT2D eigenvalue weighted by Crippen LogP contribution is -2.19. The van der Waals surface area contributed by atoms with Gasteiger partial charge in [0.05, 0.1) is 6.42 Å². The monoisotopic (exact) mass is 264 g/mol. The second kappa shape index (κ2) is 4.83. The van der Waals surface area contributed by atoms with E-state index in [1.165, 1.54) is 0 Å². The number of hydrogen-bond donors (Lipinski definition) is 1. The van der Waals surface area contributed by atoms with Crippen LogP contribution >= 0.6 is 0 Å². The van der Waals surface area contributed by atoms with Crippen LogP contribution in [0.1, 0.15) is 26.2 Å². The van der Waals surface area contributed by atoms with Crippen molar-refractivity contribution in [2.45, 2.75) is 26.7 Å². The van der Waals surface area contributed by atoms with Crippen LogP contribution in [0.5, 0.6) is 0 Å². The van der Waals surface area contributed by atoms with E-state index in [1.807, 2.05) is 13.8 Å². The third kappa shape index (κ3) is 3.40. The summed E-state index contributed by atoms with van der Waals surface area (Å²) in [5, 5.41) is 16.9. The average molecular weight is 264 g/mol. The molecule has 0 saturated heterocycles. The molecule has 0 amide bonds. The summed E-state index contributed by atoms with van der Waals surface area (Å²) in [6.45, 7) is 3.71. The van der Waals surface area contributed by atoms with Crippen LogP contribution in [0.3, 0.4) is 0 Å². The van der Waals surface area contributed by atoms with Crippen molar-refractivity contribution in [3.8, 4) is 11.5 Å². The van der Waals surface area contributed by atoms with E-state index in [1.54, 1.807) is 24.0 Å². The lowest BCUT2D eigenvalue weighted by Gasteiger charge is -2.19. The Morgan fingerprint density at radius 3 is 2.84 bits per heavy atom. The molecule has 2 aromatic heterocycles. The molecule has 1 N–H and O–H groups in total. The molecular weight excluding hydrogens is 248 g/mol. The minimum Gasteiger partial charge on any atom is -0.481 e. The predicted octanol–water partition coefficient (Wildman–Crippen LogP) is 1.51. The molecule has 2 heterocycles. The first-order valence-electron chi connectivity index (χ1n) is 5.90. The molecule has 0 aromatic carbocycles. The van der Waals surface area contributed by atoms with Crippen molar-refractivity contribution in [3.05, 3.63) is 18.2 Å². The van der Waals surface area contributed by atoms with Crippen molar-refractivity contribution in [3.63, 3.8) is 0 Å². The fourth-order valence-electron chi connectivity index (χ4n) is 1.85. The Morgan fingerprint density at radius 2 is 2.26 bits per heavy atom. The van der Waals surface area contributed by atoms with Crippen LogP contribution in [-0.4, -0.2) is 31.0 Å². The highest BCUT2D eigenvalue weighted by Crippen LogP contribution is 2.26. The summed E-state index contributed by atoms with van der Waals surface area (Å²) in [6.07, 6.45) is 2.26. The fraction of sp³-hybridized carbons (Fsp3) is 0.500. The van der Waals surface area contributed by atoms with Crippen LogP contribution in [0.15, 0.2) is 16.8 Å². The van der Waals surface area contributed by atoms with Gasteiger partial charge in [0.1, 0.15) is 5.69 Å². The molecule has 0 bridgehead atoms. The standard InChI is InChI=1S/C12H16N4O3/c1-12(2,7-10(17)18)6-9-13-11(15-19-9)8-4-5-16(3)14-8/h4-5H,6-7H2,1-3H3,(H,17,18). The highest BCUT2D eigenvalue weighted by Gasteiger charge is 2.25. The SMILES string of the molecule is Cn1ccc(-c2noc(CC(C)(C)CC(=O)O)n2)n1. The van der Waals surface area contributed by atoms with E-state index in [0.717, 1.165) is 0 Å². The molecule has 2 rings (SSSR count). The zero-order valence-electron chi connectivity index (χ0n) is 11.1. The van der Waals surface area contributed by atoms with Crippen LogP contribution in [0.2, 0.25) is 0 Å². The van der Waals surface area contributed by atoms with Gasteiger partial charge in [0.2, 0.25) is 11.7 Å². The second-order valence-electron chi connectivity index (χ2n) is 5.30. The van der Waals surface area contributed by atoms with Crippen molar-refractivity contribution in [1.29, 1.82) is 0 Å². The van der Waals surface area contributed by atoms with E-state index in [-0.39, 0.29) is 6.42 Å². The molecule has 7 heteroatoms. The molecule has 7 nitrogen and oxygen atoms in total. The van der Waals surface area contributed by atoms with Crippen molar-refractivity contribution in [1.82, 2.24) is 19.9 Å². The van der Waals surface area contributed by atoms with Gasteiger partial charge in [0, 0.05) is 19.7 Å². The number of aliphatic carboxylic acids is 1. The maximum atomic E-state index is 10.8. The molecule has 19 heavy (non-hydrogen) atoms. The van der Waals surface area contributed by atoms with Gasteiger partial charge in [-0.25, -0.2) is 0 Å². The highest BCUT2D eigenvalue weighted by atomic mass is 16.5. The Morgan fingerprint density at radius 1 is 1.53 bits per heavy atom. The number of aromatic nitrogens is 4. The highest BCUT2D eigenvalue weighted by molar-refractivity contribution is 5.67. The van der Waals surface area contributed by atoms with E-state index < -0.39 is 11.4 Å². The molecule has 0 atom stereocenters. The van der Waals surface area contributed by atoms with Crippen molar-refractivity contribution >= 4 is 5.97 Å². The van der Waals surface area contributed by atoms with Gasteiger partial charge in [-0.15, -0.1) is 0 Å². The lowest BCUT2D eigenvalue weighted by atomic mass is 9.86. The van der Waals surface area contributed by atoms with Crippen LogP contribution in [0.4, 0.5) is 0 Å². The first kappa shape index (κ1) is 13.3. The first-order chi connectivity index (χ1) is 8.85. The van der Waals surface area contributed by atoms with Crippen molar-refractivity contribution < 1.29 is 14.4 Å². The zero-order valence-corrected chi connectivity index (χ0v) is 11.1. The Labute approximate surface area is 110 Å². The van der Waals surface area contributed by atoms with Crippen LogP contribution < -0.4 is 0 Å². The third-order valence-electron chi connectivity index (χ3n) is 2.67. The van der Waals surface area contributed by atoms with Gasteiger partial charge in [0.25, 0.3) is 0 Å². The second-order valence-corrected chi connectivity index (χ2v) is 5.30. The summed E-state index contributed by atoms with van der Waals surface area (Å²) >= 11 is 0. The van der Waals surface area contributed by atoms with Gasteiger partial charge in [-0.3, -0.25) is 9.48 Å². The summed E-state index contributed by atoms with van der Waals surface area (Å²) in [4.78, 5) is 15.0. The fourth-order valence-corrected chi connectivity index (χ4v) is 1.85. The molecule has 0 fully saturated rings. The third-order valence-corrected chi connectivity index (χ3v) is 2.67. The van der Waals surface area contributed by atoms with E-state index in [9.17, 15) is 4.79 Å². The minimum atomic E-state index is -0.838. The largest absolute Gasteiger partial charge is 0.481 e. The maximum Gasteiger partial charge on any atom is 0.303 e. The number of nitrogens with zero attached hydrogens (tertiary/aromatic N) is 4. The molecule has 2 aromatic rings. The quantitative estimate of drug-likeness (QED) is 0.879. The van der Waals surface area contributed by atoms with Gasteiger partial charge in [0.15, 0.2) is 0 Å². The lowest BCUT2D eigenvalue weighted by molar-refractivity contribution is -0.139. The molecule has 0 aliphatic carbocycles. The van der Waals surface area contributed by atoms with E-state index >= 15 is 0 Å². The summed E-state index contributed by atoms with van der Waals surface area (Å²) in [7, 11) is 1.81. The summed E-state index contributed by atoms with van der Waals surface area (Å²) < 4.78 is 6.79. The van der Waals surface area contributed by atoms with E-state index in [0.29, 0.717) is 23.8 Å². The Hall–Kier alpha value is -2.18. The number of aryl methyl sites for hydroxylation is 1. The summed E-state index contributed by atoms with van der Waals surface area (Å²) in [5.74, 6) is 0.00286. The molecule has 0 aliphatic rings. The molecule has 0 aliphatic heterocycles. The minimum absolute atomic E-state index is 0.0499. The van der Waals surface area contributed by atoms with Crippen LogP contribution in [0.25, 0.3) is 11.5 Å². The smallest absolute Gasteiger partial charge is 0.303 e. The molecule has 0 saturated carbocycles. The number of carboxylic acids is 1. The first-order valence-corrected chi connectivity index (χ1v) is 5.90. The molecule has 102 valence electrons. The summed E-state index contributed by atoms with van der Waals surface area (Å²) in [6, 6.07) is 1.79. The Balaban J connectivity index is 2.11. The van der Waals surface area contributed by atoms with Gasteiger partial charge >= 0.3 is 5.97 Å². The van der Waals surface area contributed by atoms with Crippen molar-refractivity contribution in [2.75, 3.05) is 0 Å². The van der Waals surface area contributed by atoms with Gasteiger partial charge in [-0.1, -0.05) is 19.0 Å². The molecule has 0 radical (unpaired) electrons. The van der Waals surface area contributed by atoms with Gasteiger partial charge < -0.3 is 9.63 Å². The van der Waals surface area contributed by atoms with E-state index in [4.69, 9.17) is 9.63 Å². The van der Waals surface area contributed by atoms with Crippen molar-refractivity contribution in [2.24, 2.45) is 12.5 Å².